The molecule has 0 radical (unpaired) electrons. The maximum absolute atomic E-state index is 13.0. The molecule has 0 fully saturated rings. The third-order valence-corrected chi connectivity index (χ3v) is 6.37. The first-order valence-electron chi connectivity index (χ1n) is 12.2. The summed E-state index contributed by atoms with van der Waals surface area (Å²) >= 11 is 6.32. The van der Waals surface area contributed by atoms with Crippen molar-refractivity contribution in [1.29, 1.82) is 0 Å². The van der Waals surface area contributed by atoms with Gasteiger partial charge in [-0.15, -0.1) is 0 Å². The van der Waals surface area contributed by atoms with Gasteiger partial charge in [-0.1, -0.05) is 54.8 Å². The number of nitrogens with one attached hydrogen (secondary N) is 2. The molecule has 0 saturated carbocycles. The van der Waals surface area contributed by atoms with Crippen LogP contribution in [0.2, 0.25) is 5.02 Å². The van der Waals surface area contributed by atoms with Gasteiger partial charge in [0, 0.05) is 41.0 Å². The van der Waals surface area contributed by atoms with Crippen LogP contribution in [0.3, 0.4) is 0 Å². The molecule has 4 N–H and O–H groups in total. The summed E-state index contributed by atoms with van der Waals surface area (Å²) in [5.41, 5.74) is 8.60. The summed E-state index contributed by atoms with van der Waals surface area (Å²) in [6.45, 7) is 1.39. The summed E-state index contributed by atoms with van der Waals surface area (Å²) in [5.74, 6) is 1.38. The predicted molar refractivity (Wildman–Crippen MR) is 143 cm³/mol. The normalized spacial score (nSPS) is 11.9. The van der Waals surface area contributed by atoms with Gasteiger partial charge in [-0.3, -0.25) is 4.79 Å². The molecule has 35 heavy (non-hydrogen) atoms. The lowest BCUT2D eigenvalue weighted by Gasteiger charge is -2.18. The number of benzene rings is 3. The van der Waals surface area contributed by atoms with E-state index in [4.69, 9.17) is 22.1 Å². The topological polar surface area (TPSA) is 80.1 Å². The summed E-state index contributed by atoms with van der Waals surface area (Å²) < 4.78 is 6.07. The fraction of sp³-hybridized carbons (Fsp3) is 0.276. The third-order valence-electron chi connectivity index (χ3n) is 6.13. The van der Waals surface area contributed by atoms with Crippen LogP contribution in [-0.2, 0) is 4.79 Å². The lowest BCUT2D eigenvalue weighted by atomic mass is 9.88. The summed E-state index contributed by atoms with van der Waals surface area (Å²) in [5, 5.41) is 4.78. The van der Waals surface area contributed by atoms with Gasteiger partial charge in [0.05, 0.1) is 0 Å². The first kappa shape index (κ1) is 24.8. The Kier molecular flexibility index (Phi) is 8.82. The summed E-state index contributed by atoms with van der Waals surface area (Å²) in [7, 11) is 0. The zero-order valence-electron chi connectivity index (χ0n) is 19.8. The molecule has 4 aromatic rings. The molecular weight excluding hydrogens is 458 g/mol. The van der Waals surface area contributed by atoms with Crippen LogP contribution in [0, 0.1) is 0 Å². The third kappa shape index (κ3) is 6.87. The number of hydrogen-bond donors (Lipinski definition) is 3. The number of hydrogen-bond acceptors (Lipinski definition) is 3. The Morgan fingerprint density at radius 3 is 2.57 bits per heavy atom. The smallest absolute Gasteiger partial charge is 0.220 e. The molecule has 182 valence electrons. The Hall–Kier alpha value is -3.28. The van der Waals surface area contributed by atoms with E-state index in [1.165, 1.54) is 0 Å². The number of fused-ring (bicyclic) bond motifs is 1. The largest absolute Gasteiger partial charge is 0.457 e. The first-order valence-corrected chi connectivity index (χ1v) is 12.6. The highest BCUT2D eigenvalue weighted by Gasteiger charge is 2.22. The molecule has 3 aromatic carbocycles. The molecule has 1 aromatic heterocycles. The molecule has 1 amide bonds. The van der Waals surface area contributed by atoms with Crippen LogP contribution in [0.5, 0.6) is 11.5 Å². The van der Waals surface area contributed by atoms with Crippen LogP contribution in [0.15, 0.2) is 79.0 Å². The Morgan fingerprint density at radius 1 is 0.943 bits per heavy atom. The molecule has 1 unspecified atom stereocenters. The van der Waals surface area contributed by atoms with Gasteiger partial charge < -0.3 is 20.8 Å². The standard InChI is InChI=1S/C29H32ClN3O2/c30-22-13-14-28-26(18-22)27(20-33-28)25(19-29(34)32-16-7-2-1-6-15-31)21-9-8-12-24(17-21)35-23-10-4-3-5-11-23/h3-5,8-14,17-18,20,25,33H,1-2,6-7,15-16,19,31H2,(H,32,34). The number of aromatic nitrogens is 1. The lowest BCUT2D eigenvalue weighted by molar-refractivity contribution is -0.121. The van der Waals surface area contributed by atoms with E-state index in [-0.39, 0.29) is 11.8 Å². The fourth-order valence-electron chi connectivity index (χ4n) is 4.34. The quantitative estimate of drug-likeness (QED) is 0.192. The molecule has 0 aliphatic heterocycles. The Morgan fingerprint density at radius 2 is 1.74 bits per heavy atom. The van der Waals surface area contributed by atoms with E-state index in [9.17, 15) is 4.79 Å². The van der Waals surface area contributed by atoms with E-state index < -0.39 is 0 Å². The number of aromatic amines is 1. The maximum Gasteiger partial charge on any atom is 0.220 e. The minimum atomic E-state index is -0.154. The van der Waals surface area contributed by atoms with Gasteiger partial charge in [0.2, 0.25) is 5.91 Å². The first-order chi connectivity index (χ1) is 17.1. The van der Waals surface area contributed by atoms with Crippen molar-refractivity contribution in [2.75, 3.05) is 13.1 Å². The van der Waals surface area contributed by atoms with Crippen molar-refractivity contribution in [2.24, 2.45) is 5.73 Å². The molecular formula is C29H32ClN3O2. The molecule has 6 heteroatoms. The van der Waals surface area contributed by atoms with Crippen LogP contribution in [0.25, 0.3) is 10.9 Å². The van der Waals surface area contributed by atoms with Crippen molar-refractivity contribution in [2.45, 2.75) is 38.0 Å². The number of halogens is 1. The second kappa shape index (κ2) is 12.4. The number of ether oxygens (including phenoxy) is 1. The van der Waals surface area contributed by atoms with Crippen molar-refractivity contribution in [3.05, 3.63) is 95.1 Å². The number of para-hydroxylation sites is 1. The summed E-state index contributed by atoms with van der Waals surface area (Å²) in [4.78, 5) is 16.3. The Balaban J connectivity index is 1.56. The molecule has 0 bridgehead atoms. The molecule has 1 atom stereocenters. The van der Waals surface area contributed by atoms with Gasteiger partial charge in [-0.2, -0.15) is 0 Å². The minimum absolute atomic E-state index is 0.0274. The summed E-state index contributed by atoms with van der Waals surface area (Å²) in [6.07, 6.45) is 6.47. The number of rotatable bonds is 12. The molecule has 0 saturated heterocycles. The monoisotopic (exact) mass is 489 g/mol. The van der Waals surface area contributed by atoms with E-state index in [1.807, 2.05) is 79.0 Å². The van der Waals surface area contributed by atoms with Crippen LogP contribution in [0.4, 0.5) is 0 Å². The van der Waals surface area contributed by atoms with Gasteiger partial charge in [-0.05, 0) is 73.0 Å². The van der Waals surface area contributed by atoms with Crippen molar-refractivity contribution < 1.29 is 9.53 Å². The van der Waals surface area contributed by atoms with Gasteiger partial charge in [0.1, 0.15) is 11.5 Å². The highest BCUT2D eigenvalue weighted by molar-refractivity contribution is 6.31. The lowest BCUT2D eigenvalue weighted by Crippen LogP contribution is -2.26. The Bertz CT molecular complexity index is 1240. The van der Waals surface area contributed by atoms with Crippen LogP contribution >= 0.6 is 11.6 Å². The van der Waals surface area contributed by atoms with Crippen LogP contribution < -0.4 is 15.8 Å². The van der Waals surface area contributed by atoms with E-state index in [1.54, 1.807) is 0 Å². The van der Waals surface area contributed by atoms with Crippen molar-refractivity contribution in [3.63, 3.8) is 0 Å². The minimum Gasteiger partial charge on any atom is -0.457 e. The van der Waals surface area contributed by atoms with Crippen molar-refractivity contribution in [3.8, 4) is 11.5 Å². The zero-order chi connectivity index (χ0) is 24.5. The fourth-order valence-corrected chi connectivity index (χ4v) is 4.51. The maximum atomic E-state index is 13.0. The second-order valence-electron chi connectivity index (χ2n) is 8.73. The average molecular weight is 490 g/mol. The van der Waals surface area contributed by atoms with Crippen LogP contribution in [-0.4, -0.2) is 24.0 Å². The SMILES string of the molecule is NCCCCCCNC(=O)CC(c1cccc(Oc2ccccc2)c1)c1c[nH]c2ccc(Cl)cc12. The number of amides is 1. The molecule has 4 rings (SSSR count). The van der Waals surface area contributed by atoms with Crippen molar-refractivity contribution in [1.82, 2.24) is 10.3 Å². The number of H-pyrrole nitrogens is 1. The molecule has 0 spiro atoms. The molecule has 1 heterocycles. The summed E-state index contributed by atoms with van der Waals surface area (Å²) in [6, 6.07) is 23.4. The number of unbranched alkanes of at least 4 members (excludes halogenated alkanes) is 3. The predicted octanol–water partition coefficient (Wildman–Crippen LogP) is 6.77. The van der Waals surface area contributed by atoms with Gasteiger partial charge in [-0.25, -0.2) is 0 Å². The highest BCUT2D eigenvalue weighted by atomic mass is 35.5. The van der Waals surface area contributed by atoms with Gasteiger partial charge in [0.15, 0.2) is 0 Å². The number of carbonyl (C=O) groups is 1. The zero-order valence-corrected chi connectivity index (χ0v) is 20.6. The van der Waals surface area contributed by atoms with Gasteiger partial charge in [0.25, 0.3) is 0 Å². The molecule has 0 aliphatic rings. The number of carbonyl (C=O) groups excluding carboxylic acids is 1. The molecule has 5 nitrogen and oxygen atoms in total. The van der Waals surface area contributed by atoms with Crippen LogP contribution in [0.1, 0.15) is 49.1 Å². The van der Waals surface area contributed by atoms with E-state index >= 15 is 0 Å². The van der Waals surface area contributed by atoms with Gasteiger partial charge >= 0.3 is 0 Å². The molecule has 0 aliphatic carbocycles. The Labute approximate surface area is 211 Å². The second-order valence-corrected chi connectivity index (χ2v) is 9.17. The van der Waals surface area contributed by atoms with Crippen molar-refractivity contribution >= 4 is 28.4 Å². The van der Waals surface area contributed by atoms with E-state index in [0.29, 0.717) is 18.0 Å². The average Bonchev–Trinajstić information content (AvgIpc) is 3.28. The van der Waals surface area contributed by atoms with E-state index in [0.717, 1.165) is 65.8 Å². The highest BCUT2D eigenvalue weighted by Crippen LogP contribution is 2.36. The van der Waals surface area contributed by atoms with E-state index in [2.05, 4.69) is 10.3 Å². The number of nitrogens with two attached hydrogens (primary N) is 1.